The van der Waals surface area contributed by atoms with Crippen LogP contribution >= 0.6 is 0 Å². The molecule has 0 aromatic rings. The van der Waals surface area contributed by atoms with Crippen molar-refractivity contribution in [3.05, 3.63) is 11.6 Å². The van der Waals surface area contributed by atoms with Crippen molar-refractivity contribution in [3.8, 4) is 0 Å². The summed E-state index contributed by atoms with van der Waals surface area (Å²) in [7, 11) is -4.63. The quantitative estimate of drug-likeness (QED) is 0.228. The Labute approximate surface area is 245 Å². The van der Waals surface area contributed by atoms with E-state index in [4.69, 9.17) is 4.18 Å². The van der Waals surface area contributed by atoms with Gasteiger partial charge in [-0.1, -0.05) is 65.5 Å². The maximum Gasteiger partial charge on any atom is 1.00 e. The van der Waals surface area contributed by atoms with Gasteiger partial charge in [0.15, 0.2) is 0 Å². The van der Waals surface area contributed by atoms with Crippen LogP contribution in [0.1, 0.15) is 105 Å². The molecular formula is C27H45KO4S. The number of allylic oxidation sites excluding steroid dienone is 1. The monoisotopic (exact) mass is 504 g/mol. The van der Waals surface area contributed by atoms with Crippen LogP contribution in [0.25, 0.3) is 0 Å². The first kappa shape index (κ1) is 28.8. The minimum Gasteiger partial charge on any atom is -0.726 e. The molecule has 0 N–H and O–H groups in total. The molecule has 0 bridgehead atoms. The summed E-state index contributed by atoms with van der Waals surface area (Å²) in [6, 6.07) is 0. The van der Waals surface area contributed by atoms with Gasteiger partial charge in [-0.2, -0.15) is 0 Å². The van der Waals surface area contributed by atoms with E-state index in [1.807, 2.05) is 0 Å². The predicted molar refractivity (Wildman–Crippen MR) is 128 cm³/mol. The standard InChI is InChI=1S/C27H46O4S.K/c1-18(2)7-6-8-19(3)23-11-12-24-22-10-9-20-17-21(31-32(28,29)30)13-15-26(20,4)25(22)14-16-27(23,24)5;/h9,18-19,21-25H,6-8,10-17H2,1-5H3,(H,28,29,30);/q;+1/p-1. The maximum absolute atomic E-state index is 11.1. The second-order valence-corrected chi connectivity index (χ2v) is 13.7. The average Bonchev–Trinajstić information content (AvgIpc) is 3.04. The molecule has 4 rings (SSSR count). The van der Waals surface area contributed by atoms with Crippen LogP contribution < -0.4 is 51.4 Å². The molecular weight excluding hydrogens is 459 g/mol. The van der Waals surface area contributed by atoms with Crippen molar-refractivity contribution in [1.82, 2.24) is 0 Å². The van der Waals surface area contributed by atoms with E-state index < -0.39 is 16.5 Å². The summed E-state index contributed by atoms with van der Waals surface area (Å²) in [6.07, 6.45) is 14.8. The molecule has 3 saturated carbocycles. The van der Waals surface area contributed by atoms with Crippen molar-refractivity contribution in [2.45, 2.75) is 111 Å². The molecule has 0 aromatic heterocycles. The molecule has 0 aliphatic heterocycles. The normalized spacial score (nSPS) is 41.4. The zero-order chi connectivity index (χ0) is 23.3. The van der Waals surface area contributed by atoms with Gasteiger partial charge in [-0.15, -0.1) is 0 Å². The fourth-order valence-electron chi connectivity index (χ4n) is 8.90. The Morgan fingerprint density at radius 1 is 1.06 bits per heavy atom. The predicted octanol–water partition coefficient (Wildman–Crippen LogP) is 3.88. The molecule has 184 valence electrons. The van der Waals surface area contributed by atoms with Crippen LogP contribution in [0.15, 0.2) is 11.6 Å². The van der Waals surface area contributed by atoms with Gasteiger partial charge in [-0.25, -0.2) is 8.42 Å². The van der Waals surface area contributed by atoms with Crippen LogP contribution in [0.5, 0.6) is 0 Å². The Hall–Kier alpha value is 1.25. The second kappa shape index (κ2) is 10.9. The molecule has 4 aliphatic rings. The third kappa shape index (κ3) is 5.89. The Bertz CT molecular complexity index is 824. The summed E-state index contributed by atoms with van der Waals surface area (Å²) < 4.78 is 38.2. The minimum atomic E-state index is -4.63. The van der Waals surface area contributed by atoms with Gasteiger partial charge >= 0.3 is 51.4 Å². The van der Waals surface area contributed by atoms with E-state index in [0.717, 1.165) is 42.4 Å². The van der Waals surface area contributed by atoms with Crippen molar-refractivity contribution in [3.63, 3.8) is 0 Å². The van der Waals surface area contributed by atoms with Gasteiger partial charge < -0.3 is 4.55 Å². The molecule has 0 aromatic carbocycles. The molecule has 6 heteroatoms. The van der Waals surface area contributed by atoms with Gasteiger partial charge in [0.25, 0.3) is 0 Å². The first-order chi connectivity index (χ1) is 14.9. The topological polar surface area (TPSA) is 66.4 Å². The zero-order valence-electron chi connectivity index (χ0n) is 21.9. The van der Waals surface area contributed by atoms with E-state index in [1.165, 1.54) is 50.5 Å². The van der Waals surface area contributed by atoms with Gasteiger partial charge in [0, 0.05) is 0 Å². The van der Waals surface area contributed by atoms with E-state index in [9.17, 15) is 13.0 Å². The molecule has 33 heavy (non-hydrogen) atoms. The molecule has 8 unspecified atom stereocenters. The Morgan fingerprint density at radius 2 is 1.79 bits per heavy atom. The first-order valence-corrected chi connectivity index (χ1v) is 14.6. The van der Waals surface area contributed by atoms with Crippen molar-refractivity contribution >= 4 is 10.4 Å². The van der Waals surface area contributed by atoms with Crippen LogP contribution in [0, 0.1) is 46.3 Å². The molecule has 0 radical (unpaired) electrons. The van der Waals surface area contributed by atoms with E-state index >= 15 is 0 Å². The average molecular weight is 505 g/mol. The third-order valence-corrected chi connectivity index (χ3v) is 11.0. The van der Waals surface area contributed by atoms with Gasteiger partial charge in [-0.3, -0.25) is 4.18 Å². The first-order valence-electron chi connectivity index (χ1n) is 13.3. The van der Waals surface area contributed by atoms with Crippen LogP contribution in [-0.2, 0) is 14.6 Å². The van der Waals surface area contributed by atoms with Gasteiger partial charge in [0.05, 0.1) is 6.10 Å². The molecule has 0 saturated heterocycles. The van der Waals surface area contributed by atoms with Crippen LogP contribution in [-0.4, -0.2) is 19.1 Å². The van der Waals surface area contributed by atoms with Crippen molar-refractivity contribution < 1.29 is 68.5 Å². The minimum absolute atomic E-state index is 0. The molecule has 8 atom stereocenters. The largest absolute Gasteiger partial charge is 1.00 e. The van der Waals surface area contributed by atoms with Gasteiger partial charge in [-0.05, 0) is 97.7 Å². The summed E-state index contributed by atoms with van der Waals surface area (Å²) >= 11 is 0. The molecule has 0 heterocycles. The summed E-state index contributed by atoms with van der Waals surface area (Å²) in [4.78, 5) is 0. The maximum atomic E-state index is 11.1. The molecule has 3 fully saturated rings. The number of rotatable bonds is 7. The van der Waals surface area contributed by atoms with Crippen molar-refractivity contribution in [1.29, 1.82) is 0 Å². The second-order valence-electron chi connectivity index (χ2n) is 12.7. The van der Waals surface area contributed by atoms with Crippen LogP contribution in [0.3, 0.4) is 0 Å². The van der Waals surface area contributed by atoms with E-state index in [2.05, 4.69) is 40.7 Å². The molecule has 0 amide bonds. The van der Waals surface area contributed by atoms with E-state index in [0.29, 0.717) is 24.2 Å². The summed E-state index contributed by atoms with van der Waals surface area (Å²) in [5.74, 6) is 4.78. The zero-order valence-corrected chi connectivity index (χ0v) is 25.9. The van der Waals surface area contributed by atoms with Gasteiger partial charge in [0.2, 0.25) is 10.4 Å². The fraction of sp³-hybridized carbons (Fsp3) is 0.926. The van der Waals surface area contributed by atoms with E-state index in [-0.39, 0.29) is 56.8 Å². The van der Waals surface area contributed by atoms with E-state index in [1.54, 1.807) is 0 Å². The molecule has 0 spiro atoms. The number of hydrogen-bond donors (Lipinski definition) is 0. The Morgan fingerprint density at radius 3 is 2.45 bits per heavy atom. The van der Waals surface area contributed by atoms with Gasteiger partial charge in [0.1, 0.15) is 0 Å². The van der Waals surface area contributed by atoms with Crippen LogP contribution in [0.2, 0.25) is 0 Å². The fourth-order valence-corrected chi connectivity index (χ4v) is 9.40. The summed E-state index contributed by atoms with van der Waals surface area (Å²) in [5.41, 5.74) is 1.99. The third-order valence-electron chi connectivity index (χ3n) is 10.5. The summed E-state index contributed by atoms with van der Waals surface area (Å²) in [5, 5.41) is 0. The number of fused-ring (bicyclic) bond motifs is 5. The van der Waals surface area contributed by atoms with Crippen LogP contribution in [0.4, 0.5) is 0 Å². The Kier molecular flexibility index (Phi) is 9.54. The Balaban J connectivity index is 0.00000306. The molecule has 4 nitrogen and oxygen atoms in total. The molecule has 4 aliphatic carbocycles. The van der Waals surface area contributed by atoms with Crippen molar-refractivity contribution in [2.24, 2.45) is 46.3 Å². The summed E-state index contributed by atoms with van der Waals surface area (Å²) in [6.45, 7) is 12.2. The van der Waals surface area contributed by atoms with Crippen molar-refractivity contribution in [2.75, 3.05) is 0 Å². The SMILES string of the molecule is CC(C)CCCC(C)C1CCC2C3CC=C4CC(OS(=O)(=O)[O-])CCC4(C)C3CCC12C.[K+]. The number of hydrogen-bond acceptors (Lipinski definition) is 4. The smallest absolute Gasteiger partial charge is 0.726 e.